The Balaban J connectivity index is 0.000000644. The number of alkyl halides is 3. The summed E-state index contributed by atoms with van der Waals surface area (Å²) < 4.78 is 57.4. The molecule has 2 saturated heterocycles. The zero-order chi connectivity index (χ0) is 34.4. The van der Waals surface area contributed by atoms with E-state index in [1.54, 1.807) is 41.3 Å². The van der Waals surface area contributed by atoms with E-state index in [9.17, 15) is 27.2 Å². The molecule has 13 heteroatoms. The lowest BCUT2D eigenvalue weighted by Gasteiger charge is -2.39. The molecule has 47 heavy (non-hydrogen) atoms. The number of hydrogen-bond acceptors (Lipinski definition) is 6. The van der Waals surface area contributed by atoms with Crippen molar-refractivity contribution in [3.63, 3.8) is 0 Å². The largest absolute Gasteiger partial charge is 0.493 e. The number of carboxylic acid groups (broad SMARTS) is 2. The van der Waals surface area contributed by atoms with Gasteiger partial charge in [-0.05, 0) is 105 Å². The maximum atomic E-state index is 13.6. The lowest BCUT2D eigenvalue weighted by Crippen LogP contribution is -2.41. The number of likely N-dealkylation sites (tertiary alicyclic amines) is 1. The number of hydrogen-bond donors (Lipinski definition) is 2. The van der Waals surface area contributed by atoms with Crippen molar-refractivity contribution >= 4 is 23.5 Å². The average molecular weight is 661 g/mol. The number of benzene rings is 3. The van der Waals surface area contributed by atoms with Crippen molar-refractivity contribution in [1.82, 2.24) is 4.90 Å². The van der Waals surface area contributed by atoms with Gasteiger partial charge in [-0.25, -0.2) is 14.0 Å². The Morgan fingerprint density at radius 2 is 1.43 bits per heavy atom. The summed E-state index contributed by atoms with van der Waals surface area (Å²) in [5.74, 6) is -2.50. The number of rotatable bonds is 9. The van der Waals surface area contributed by atoms with Gasteiger partial charge in [0.15, 0.2) is 0 Å². The van der Waals surface area contributed by atoms with Crippen LogP contribution in [0.1, 0.15) is 49.0 Å². The number of carbonyl (C=O) groups is 3. The molecule has 5 rings (SSSR count). The number of nitrogens with zero attached hydrogens (tertiary/aromatic N) is 2. The Bertz CT molecular complexity index is 1540. The molecule has 0 aromatic heterocycles. The monoisotopic (exact) mass is 660 g/mol. The molecule has 3 aromatic carbocycles. The molecule has 2 aliphatic rings. The van der Waals surface area contributed by atoms with Crippen LogP contribution in [-0.2, 0) is 16.1 Å². The quantitative estimate of drug-likeness (QED) is 0.246. The highest BCUT2D eigenvalue weighted by atomic mass is 19.4. The summed E-state index contributed by atoms with van der Waals surface area (Å²) in [4.78, 5) is 37.2. The molecule has 2 heterocycles. The maximum absolute atomic E-state index is 13.6. The minimum Gasteiger partial charge on any atom is -0.493 e. The van der Waals surface area contributed by atoms with Crippen LogP contribution in [0.2, 0.25) is 0 Å². The van der Waals surface area contributed by atoms with Gasteiger partial charge in [0.1, 0.15) is 17.3 Å². The van der Waals surface area contributed by atoms with Gasteiger partial charge in [-0.15, -0.1) is 0 Å². The van der Waals surface area contributed by atoms with Gasteiger partial charge in [-0.3, -0.25) is 9.69 Å². The third-order valence-corrected chi connectivity index (χ3v) is 8.17. The fourth-order valence-corrected chi connectivity index (χ4v) is 5.87. The fourth-order valence-electron chi connectivity index (χ4n) is 5.87. The molecule has 0 atom stereocenters. The number of halogens is 4. The second kappa shape index (κ2) is 14.8. The van der Waals surface area contributed by atoms with E-state index in [0.717, 1.165) is 66.4 Å². The molecule has 3 aromatic rings. The molecule has 0 saturated carbocycles. The van der Waals surface area contributed by atoms with E-state index in [4.69, 9.17) is 24.5 Å². The Morgan fingerprint density at radius 3 is 1.89 bits per heavy atom. The molecule has 1 amide bonds. The number of piperidine rings is 1. The van der Waals surface area contributed by atoms with Crippen LogP contribution in [0.3, 0.4) is 0 Å². The van der Waals surface area contributed by atoms with Crippen LogP contribution in [0.15, 0.2) is 60.7 Å². The van der Waals surface area contributed by atoms with Gasteiger partial charge in [-0.2, -0.15) is 13.2 Å². The van der Waals surface area contributed by atoms with Gasteiger partial charge in [-0.1, -0.05) is 12.1 Å². The first-order chi connectivity index (χ1) is 22.2. The highest BCUT2D eigenvalue weighted by Gasteiger charge is 2.45. The summed E-state index contributed by atoms with van der Waals surface area (Å²) in [6.45, 7) is 8.00. The molecule has 2 N–H and O–H groups in total. The van der Waals surface area contributed by atoms with Gasteiger partial charge in [0, 0.05) is 25.2 Å². The molecule has 2 aliphatic heterocycles. The molecule has 0 radical (unpaired) electrons. The SMILES string of the molecule is CCOc1cc(CN2CCC3(CC2)CC(=O)N(c2ccc(C(=O)O)cc2)C3)cc(OCC)c1-c1ccc(F)cc1.O=C(O)C(F)(F)F. The number of anilines is 1. The molecule has 2 fully saturated rings. The van der Waals surface area contributed by atoms with Gasteiger partial charge >= 0.3 is 18.1 Å². The van der Waals surface area contributed by atoms with Gasteiger partial charge < -0.3 is 24.6 Å². The van der Waals surface area contributed by atoms with Crippen LogP contribution < -0.4 is 14.4 Å². The maximum Gasteiger partial charge on any atom is 0.490 e. The number of carbonyl (C=O) groups excluding carboxylic acids is 1. The highest BCUT2D eigenvalue weighted by Crippen LogP contribution is 2.44. The highest BCUT2D eigenvalue weighted by molar-refractivity contribution is 5.97. The first-order valence-corrected chi connectivity index (χ1v) is 15.1. The van der Waals surface area contributed by atoms with Crippen LogP contribution in [0.25, 0.3) is 11.1 Å². The van der Waals surface area contributed by atoms with E-state index in [1.165, 1.54) is 12.1 Å². The van der Waals surface area contributed by atoms with Crippen LogP contribution in [0.4, 0.5) is 23.2 Å². The summed E-state index contributed by atoms with van der Waals surface area (Å²) in [6, 6.07) is 17.0. The summed E-state index contributed by atoms with van der Waals surface area (Å²) in [5, 5.41) is 16.3. The van der Waals surface area contributed by atoms with Crippen molar-refractivity contribution < 1.29 is 51.6 Å². The van der Waals surface area contributed by atoms with E-state index < -0.39 is 18.1 Å². The number of amides is 1. The van der Waals surface area contributed by atoms with E-state index >= 15 is 0 Å². The zero-order valence-corrected chi connectivity index (χ0v) is 26.0. The van der Waals surface area contributed by atoms with Crippen molar-refractivity contribution in [2.45, 2.75) is 45.8 Å². The van der Waals surface area contributed by atoms with Gasteiger partial charge in [0.05, 0.1) is 24.3 Å². The van der Waals surface area contributed by atoms with Crippen molar-refractivity contribution in [1.29, 1.82) is 0 Å². The Labute approximate surface area is 269 Å². The molecule has 252 valence electrons. The summed E-state index contributed by atoms with van der Waals surface area (Å²) >= 11 is 0. The summed E-state index contributed by atoms with van der Waals surface area (Å²) in [7, 11) is 0. The average Bonchev–Trinajstić information content (AvgIpc) is 3.34. The normalized spacial score (nSPS) is 16.0. The topological polar surface area (TPSA) is 117 Å². The molecule has 9 nitrogen and oxygen atoms in total. The molecule has 0 bridgehead atoms. The third kappa shape index (κ3) is 8.79. The Hall–Kier alpha value is -4.65. The molecule has 0 aliphatic carbocycles. The second-order valence-electron chi connectivity index (χ2n) is 11.4. The summed E-state index contributed by atoms with van der Waals surface area (Å²) in [5.41, 5.74) is 3.64. The molecular weight excluding hydrogens is 624 g/mol. The van der Waals surface area contributed by atoms with Crippen LogP contribution in [0, 0.1) is 11.2 Å². The third-order valence-electron chi connectivity index (χ3n) is 8.17. The number of aliphatic carboxylic acids is 1. The van der Waals surface area contributed by atoms with Gasteiger partial charge in [0.2, 0.25) is 5.91 Å². The number of ether oxygens (including phenoxy) is 2. The molecular formula is C34H36F4N2O7. The predicted octanol–water partition coefficient (Wildman–Crippen LogP) is 6.64. The fraction of sp³-hybridized carbons (Fsp3) is 0.382. The second-order valence-corrected chi connectivity index (χ2v) is 11.4. The van der Waals surface area contributed by atoms with Gasteiger partial charge in [0.25, 0.3) is 0 Å². The molecule has 1 spiro atoms. The van der Waals surface area contributed by atoms with Crippen molar-refractivity contribution in [3.05, 3.63) is 77.6 Å². The van der Waals surface area contributed by atoms with E-state index in [0.29, 0.717) is 26.2 Å². The standard InChI is InChI=1S/C32H35FN2O5.C2HF3O2/c1-3-39-27-17-22(18-28(40-4-2)30(27)23-5-9-25(33)10-6-23)20-34-15-13-32(14-16-34)19-29(36)35(21-32)26-11-7-24(8-12-26)31(37)38;3-2(4,5)1(6)7/h5-12,17-18H,3-4,13-16,19-21H2,1-2H3,(H,37,38);(H,6,7). The van der Waals surface area contributed by atoms with Crippen molar-refractivity contribution in [3.8, 4) is 22.6 Å². The predicted molar refractivity (Wildman–Crippen MR) is 165 cm³/mol. The number of aromatic carboxylic acids is 1. The molecule has 0 unspecified atom stereocenters. The minimum atomic E-state index is -5.08. The van der Waals surface area contributed by atoms with E-state index in [2.05, 4.69) is 17.0 Å². The van der Waals surface area contributed by atoms with Crippen LogP contribution >= 0.6 is 0 Å². The smallest absolute Gasteiger partial charge is 0.490 e. The first kappa shape index (κ1) is 35.2. The van der Waals surface area contributed by atoms with Crippen molar-refractivity contribution in [2.75, 3.05) is 37.7 Å². The van der Waals surface area contributed by atoms with Crippen molar-refractivity contribution in [2.24, 2.45) is 5.41 Å². The Kier molecular flexibility index (Phi) is 11.1. The first-order valence-electron chi connectivity index (χ1n) is 15.1. The lowest BCUT2D eigenvalue weighted by molar-refractivity contribution is -0.192. The zero-order valence-electron chi connectivity index (χ0n) is 26.0. The van der Waals surface area contributed by atoms with Crippen LogP contribution in [-0.4, -0.2) is 72.0 Å². The number of carboxylic acids is 2. The summed E-state index contributed by atoms with van der Waals surface area (Å²) in [6.07, 6.45) is -2.75. The lowest BCUT2D eigenvalue weighted by atomic mass is 9.77. The van der Waals surface area contributed by atoms with E-state index in [-0.39, 0.29) is 22.7 Å². The van der Waals surface area contributed by atoms with E-state index in [1.807, 2.05) is 13.8 Å². The van der Waals surface area contributed by atoms with Crippen LogP contribution in [0.5, 0.6) is 11.5 Å². The minimum absolute atomic E-state index is 0.0710. The Morgan fingerprint density at radius 1 is 0.894 bits per heavy atom.